The first-order valence-electron chi connectivity index (χ1n) is 8.38. The van der Waals surface area contributed by atoms with Crippen molar-refractivity contribution in [2.24, 2.45) is 5.16 Å². The molecular weight excluding hydrogens is 312 g/mol. The fourth-order valence-corrected chi connectivity index (χ4v) is 2.55. The van der Waals surface area contributed by atoms with Crippen LogP contribution in [-0.4, -0.2) is 19.9 Å². The van der Waals surface area contributed by atoms with Crippen molar-refractivity contribution in [1.29, 1.82) is 0 Å². The van der Waals surface area contributed by atoms with Gasteiger partial charge in [0.2, 0.25) is 0 Å². The smallest absolute Gasteiger partial charge is 0.120 e. The number of hydrogen-bond donors (Lipinski definition) is 1. The topological polar surface area (TPSA) is 42.8 Å². The maximum atomic E-state index is 5.73. The first-order chi connectivity index (χ1) is 12.1. The highest BCUT2D eigenvalue weighted by atomic mass is 16.6. The zero-order chi connectivity index (χ0) is 18.1. The van der Waals surface area contributed by atoms with E-state index in [2.05, 4.69) is 48.6 Å². The van der Waals surface area contributed by atoms with E-state index >= 15 is 0 Å². The molecular formula is C21H26N2O2. The zero-order valence-corrected chi connectivity index (χ0v) is 15.4. The van der Waals surface area contributed by atoms with Crippen molar-refractivity contribution in [2.45, 2.75) is 27.3 Å². The summed E-state index contributed by atoms with van der Waals surface area (Å²) >= 11 is 0. The third-order valence-electron chi connectivity index (χ3n) is 3.84. The number of rotatable bonds is 8. The molecule has 0 aliphatic rings. The number of nitrogens with zero attached hydrogens (tertiary/aromatic N) is 1. The largest absolute Gasteiger partial charge is 0.490 e. The molecule has 0 saturated heterocycles. The lowest BCUT2D eigenvalue weighted by molar-refractivity contribution is 0.215. The summed E-state index contributed by atoms with van der Waals surface area (Å²) in [5.41, 5.74) is 5.74. The van der Waals surface area contributed by atoms with Crippen molar-refractivity contribution in [3.8, 4) is 5.75 Å². The van der Waals surface area contributed by atoms with Gasteiger partial charge < -0.3 is 14.9 Å². The van der Waals surface area contributed by atoms with Gasteiger partial charge in [-0.05, 0) is 55.2 Å². The van der Waals surface area contributed by atoms with Crippen LogP contribution in [0.3, 0.4) is 0 Å². The summed E-state index contributed by atoms with van der Waals surface area (Å²) in [6, 6.07) is 12.4. The van der Waals surface area contributed by atoms with E-state index < -0.39 is 0 Å². The number of aryl methyl sites for hydroxylation is 2. The number of hydrogen-bond acceptors (Lipinski definition) is 4. The van der Waals surface area contributed by atoms with Crippen LogP contribution in [0.15, 0.2) is 53.7 Å². The molecule has 25 heavy (non-hydrogen) atoms. The molecule has 0 spiro atoms. The van der Waals surface area contributed by atoms with E-state index in [1.54, 1.807) is 6.21 Å². The van der Waals surface area contributed by atoms with E-state index in [1.165, 1.54) is 23.8 Å². The standard InChI is InChI=1S/C21H26N2O2/c1-5-6-11-25-20-12-16(2)21(17(3)13-20)22-14-18-7-9-19(10-8-18)15-23-24-4/h5-10,12-13,15,22H,11,14H2,1-4H3/b6-5+,23-15?. The molecule has 1 N–H and O–H groups in total. The molecule has 2 rings (SSSR count). The average Bonchev–Trinajstić information content (AvgIpc) is 2.60. The Hall–Kier alpha value is -2.75. The van der Waals surface area contributed by atoms with Gasteiger partial charge >= 0.3 is 0 Å². The Labute approximate surface area is 150 Å². The van der Waals surface area contributed by atoms with Gasteiger partial charge in [-0.15, -0.1) is 0 Å². The Morgan fingerprint density at radius 3 is 2.36 bits per heavy atom. The molecule has 0 bridgehead atoms. The van der Waals surface area contributed by atoms with Crippen LogP contribution < -0.4 is 10.1 Å². The average molecular weight is 338 g/mol. The van der Waals surface area contributed by atoms with Crippen LogP contribution in [0.2, 0.25) is 0 Å². The quantitative estimate of drug-likeness (QED) is 0.425. The molecule has 0 aliphatic heterocycles. The van der Waals surface area contributed by atoms with Crippen LogP contribution in [0.5, 0.6) is 5.75 Å². The predicted octanol–water partition coefficient (Wildman–Crippen LogP) is 4.85. The third kappa shape index (κ3) is 5.68. The van der Waals surface area contributed by atoms with Gasteiger partial charge in [0, 0.05) is 12.2 Å². The van der Waals surface area contributed by atoms with Gasteiger partial charge in [-0.25, -0.2) is 0 Å². The molecule has 2 aromatic carbocycles. The van der Waals surface area contributed by atoms with Gasteiger partial charge in [0.1, 0.15) is 19.5 Å². The highest BCUT2D eigenvalue weighted by molar-refractivity contribution is 5.79. The lowest BCUT2D eigenvalue weighted by atomic mass is 10.1. The van der Waals surface area contributed by atoms with Crippen LogP contribution in [0.25, 0.3) is 0 Å². The summed E-state index contributed by atoms with van der Waals surface area (Å²) in [5.74, 6) is 0.903. The van der Waals surface area contributed by atoms with E-state index in [1.807, 2.05) is 31.2 Å². The minimum atomic E-state index is 0.598. The third-order valence-corrected chi connectivity index (χ3v) is 3.84. The first-order valence-corrected chi connectivity index (χ1v) is 8.38. The second-order valence-electron chi connectivity index (χ2n) is 5.82. The predicted molar refractivity (Wildman–Crippen MR) is 105 cm³/mol. The number of benzene rings is 2. The maximum absolute atomic E-state index is 5.73. The summed E-state index contributed by atoms with van der Waals surface area (Å²) in [6.07, 6.45) is 5.68. The van der Waals surface area contributed by atoms with Crippen molar-refractivity contribution in [1.82, 2.24) is 0 Å². The van der Waals surface area contributed by atoms with Gasteiger partial charge in [-0.1, -0.05) is 41.6 Å². The molecule has 0 saturated carbocycles. The Morgan fingerprint density at radius 2 is 1.76 bits per heavy atom. The molecule has 0 amide bonds. The van der Waals surface area contributed by atoms with E-state index in [-0.39, 0.29) is 0 Å². The van der Waals surface area contributed by atoms with Crippen molar-refractivity contribution < 1.29 is 9.57 Å². The molecule has 0 atom stereocenters. The molecule has 2 aromatic rings. The molecule has 4 heteroatoms. The van der Waals surface area contributed by atoms with Crippen molar-refractivity contribution in [2.75, 3.05) is 19.0 Å². The van der Waals surface area contributed by atoms with E-state index in [9.17, 15) is 0 Å². The lowest BCUT2D eigenvalue weighted by Gasteiger charge is -2.15. The van der Waals surface area contributed by atoms with Crippen LogP contribution in [0.1, 0.15) is 29.2 Å². The monoisotopic (exact) mass is 338 g/mol. The van der Waals surface area contributed by atoms with Gasteiger partial charge in [-0.2, -0.15) is 0 Å². The number of oxime groups is 1. The van der Waals surface area contributed by atoms with Crippen molar-refractivity contribution >= 4 is 11.9 Å². The summed E-state index contributed by atoms with van der Waals surface area (Å²) < 4.78 is 5.73. The minimum Gasteiger partial charge on any atom is -0.490 e. The van der Waals surface area contributed by atoms with Crippen LogP contribution in [-0.2, 0) is 11.4 Å². The fraction of sp³-hybridized carbons (Fsp3) is 0.286. The van der Waals surface area contributed by atoms with Gasteiger partial charge in [0.15, 0.2) is 0 Å². The highest BCUT2D eigenvalue weighted by Crippen LogP contribution is 2.27. The maximum Gasteiger partial charge on any atom is 0.120 e. The highest BCUT2D eigenvalue weighted by Gasteiger charge is 2.06. The van der Waals surface area contributed by atoms with Crippen LogP contribution in [0.4, 0.5) is 5.69 Å². The summed E-state index contributed by atoms with van der Waals surface area (Å²) in [7, 11) is 1.54. The summed E-state index contributed by atoms with van der Waals surface area (Å²) in [5, 5.41) is 7.29. The fourth-order valence-electron chi connectivity index (χ4n) is 2.55. The summed E-state index contributed by atoms with van der Waals surface area (Å²) in [4.78, 5) is 4.69. The van der Waals surface area contributed by atoms with E-state index in [0.29, 0.717) is 6.61 Å². The number of nitrogens with one attached hydrogen (secondary N) is 1. The Balaban J connectivity index is 2.01. The van der Waals surface area contributed by atoms with E-state index in [4.69, 9.17) is 9.57 Å². The molecule has 0 fully saturated rings. The van der Waals surface area contributed by atoms with Gasteiger partial charge in [-0.3, -0.25) is 0 Å². The second kappa shape index (κ2) is 9.52. The Bertz CT molecular complexity index is 711. The SMILES string of the molecule is C/C=C/COc1cc(C)c(NCc2ccc(C=NOC)cc2)c(C)c1. The Morgan fingerprint density at radius 1 is 1.08 bits per heavy atom. The molecule has 0 unspecified atom stereocenters. The molecule has 0 heterocycles. The minimum absolute atomic E-state index is 0.598. The number of ether oxygens (including phenoxy) is 1. The number of allylic oxidation sites excluding steroid dienone is 1. The molecule has 0 radical (unpaired) electrons. The molecule has 0 aromatic heterocycles. The normalized spacial score (nSPS) is 11.2. The van der Waals surface area contributed by atoms with Gasteiger partial charge in [0.25, 0.3) is 0 Å². The molecule has 0 aliphatic carbocycles. The van der Waals surface area contributed by atoms with Crippen LogP contribution >= 0.6 is 0 Å². The molecule has 132 valence electrons. The summed E-state index contributed by atoms with van der Waals surface area (Å²) in [6.45, 7) is 7.55. The number of anilines is 1. The van der Waals surface area contributed by atoms with E-state index in [0.717, 1.165) is 23.5 Å². The van der Waals surface area contributed by atoms with Crippen molar-refractivity contribution in [3.63, 3.8) is 0 Å². The lowest BCUT2D eigenvalue weighted by Crippen LogP contribution is -2.04. The van der Waals surface area contributed by atoms with Gasteiger partial charge in [0.05, 0.1) is 6.21 Å². The first kappa shape index (κ1) is 18.6. The molecule has 4 nitrogen and oxygen atoms in total. The van der Waals surface area contributed by atoms with Crippen molar-refractivity contribution in [3.05, 3.63) is 70.8 Å². The van der Waals surface area contributed by atoms with Crippen LogP contribution in [0, 0.1) is 13.8 Å². The second-order valence-corrected chi connectivity index (χ2v) is 5.82. The zero-order valence-electron chi connectivity index (χ0n) is 15.4. The Kier molecular flexibility index (Phi) is 7.08.